The van der Waals surface area contributed by atoms with E-state index in [0.717, 1.165) is 10.9 Å². The van der Waals surface area contributed by atoms with E-state index in [1.165, 1.54) is 4.88 Å². The number of nitrogens with zero attached hydrogens (tertiary/aromatic N) is 2. The van der Waals surface area contributed by atoms with Gasteiger partial charge in [0.2, 0.25) is 0 Å². The second-order valence-electron chi connectivity index (χ2n) is 6.21. The van der Waals surface area contributed by atoms with Crippen molar-refractivity contribution >= 4 is 22.9 Å². The smallest absolute Gasteiger partial charge is 0.0946 e. The average Bonchev–Trinajstić information content (AvgIpc) is 2.98. The predicted octanol–water partition coefficient (Wildman–Crippen LogP) is 4.36. The van der Waals surface area contributed by atoms with Crippen molar-refractivity contribution in [2.24, 2.45) is 5.41 Å². The fraction of sp³-hybridized carbons (Fsp3) is 0.533. The van der Waals surface area contributed by atoms with Crippen LogP contribution in [0.2, 0.25) is 4.34 Å². The van der Waals surface area contributed by atoms with Crippen LogP contribution in [0.4, 0.5) is 0 Å². The quantitative estimate of drug-likeness (QED) is 0.889. The Bertz CT molecular complexity index is 528. The molecule has 0 saturated heterocycles. The molecule has 0 aliphatic heterocycles. The third-order valence-electron chi connectivity index (χ3n) is 3.47. The van der Waals surface area contributed by atoms with Crippen LogP contribution in [0.15, 0.2) is 30.9 Å². The number of hydrogen-bond acceptors (Lipinski definition) is 3. The van der Waals surface area contributed by atoms with Gasteiger partial charge in [0.15, 0.2) is 0 Å². The zero-order valence-corrected chi connectivity index (χ0v) is 14.0. The van der Waals surface area contributed by atoms with Crippen LogP contribution in [0, 0.1) is 5.41 Å². The van der Waals surface area contributed by atoms with Crippen LogP contribution in [-0.4, -0.2) is 15.6 Å². The summed E-state index contributed by atoms with van der Waals surface area (Å²) in [5.74, 6) is 0. The second-order valence-corrected chi connectivity index (χ2v) is 7.95. The Balaban J connectivity index is 2.08. The Morgan fingerprint density at radius 3 is 2.65 bits per heavy atom. The topological polar surface area (TPSA) is 29.9 Å². The normalized spacial score (nSPS) is 15.2. The van der Waals surface area contributed by atoms with E-state index in [4.69, 9.17) is 11.6 Å². The summed E-state index contributed by atoms with van der Waals surface area (Å²) < 4.78 is 2.97. The number of nitrogens with one attached hydrogen (secondary N) is 1. The van der Waals surface area contributed by atoms with Crippen LogP contribution in [0.3, 0.4) is 0 Å². The molecule has 0 saturated carbocycles. The van der Waals surface area contributed by atoms with Crippen LogP contribution in [-0.2, 0) is 6.54 Å². The highest BCUT2D eigenvalue weighted by Crippen LogP contribution is 2.29. The van der Waals surface area contributed by atoms with E-state index in [1.807, 2.05) is 24.8 Å². The van der Waals surface area contributed by atoms with E-state index in [2.05, 4.69) is 48.6 Å². The number of thiophene rings is 1. The standard InChI is InChI=1S/C15H22ClN3S/c1-11(12-5-6-14(16)20-12)18-13(15(2,3)4)9-19-8-7-17-10-19/h5-8,10-11,13,18H,9H2,1-4H3. The predicted molar refractivity (Wildman–Crippen MR) is 86.3 cm³/mol. The van der Waals surface area contributed by atoms with Crippen molar-refractivity contribution in [2.45, 2.75) is 46.3 Å². The molecule has 2 aromatic heterocycles. The molecule has 0 bridgehead atoms. The number of halogens is 1. The molecule has 0 radical (unpaired) electrons. The highest BCUT2D eigenvalue weighted by Gasteiger charge is 2.26. The average molecular weight is 312 g/mol. The lowest BCUT2D eigenvalue weighted by molar-refractivity contribution is 0.226. The first kappa shape index (κ1) is 15.5. The van der Waals surface area contributed by atoms with Gasteiger partial charge in [-0.05, 0) is 24.5 Å². The summed E-state index contributed by atoms with van der Waals surface area (Å²) in [4.78, 5) is 5.39. The monoisotopic (exact) mass is 311 g/mol. The number of imidazole rings is 1. The van der Waals surface area contributed by atoms with Gasteiger partial charge in [0.25, 0.3) is 0 Å². The van der Waals surface area contributed by atoms with Crippen LogP contribution in [0.25, 0.3) is 0 Å². The van der Waals surface area contributed by atoms with Gasteiger partial charge in [0.05, 0.1) is 10.7 Å². The highest BCUT2D eigenvalue weighted by molar-refractivity contribution is 7.16. The van der Waals surface area contributed by atoms with Gasteiger partial charge in [-0.15, -0.1) is 11.3 Å². The lowest BCUT2D eigenvalue weighted by Crippen LogP contribution is -2.44. The van der Waals surface area contributed by atoms with E-state index in [-0.39, 0.29) is 5.41 Å². The lowest BCUT2D eigenvalue weighted by Gasteiger charge is -2.34. The SMILES string of the molecule is CC(NC(Cn1ccnc1)C(C)(C)C)c1ccc(Cl)s1. The third-order valence-corrected chi connectivity index (χ3v) is 4.88. The van der Waals surface area contributed by atoms with Gasteiger partial charge >= 0.3 is 0 Å². The van der Waals surface area contributed by atoms with E-state index < -0.39 is 0 Å². The molecular formula is C15H22ClN3S. The molecule has 2 rings (SSSR count). The van der Waals surface area contributed by atoms with Gasteiger partial charge < -0.3 is 9.88 Å². The van der Waals surface area contributed by atoms with Gasteiger partial charge in [-0.25, -0.2) is 4.98 Å². The maximum atomic E-state index is 6.02. The summed E-state index contributed by atoms with van der Waals surface area (Å²) in [5.41, 5.74) is 0.166. The minimum Gasteiger partial charge on any atom is -0.336 e. The molecule has 110 valence electrons. The van der Waals surface area contributed by atoms with Crippen molar-refractivity contribution in [3.05, 3.63) is 40.1 Å². The van der Waals surface area contributed by atoms with Crippen molar-refractivity contribution in [3.63, 3.8) is 0 Å². The molecule has 0 aliphatic rings. The lowest BCUT2D eigenvalue weighted by atomic mass is 9.86. The highest BCUT2D eigenvalue weighted by atomic mass is 35.5. The van der Waals surface area contributed by atoms with Gasteiger partial charge in [-0.2, -0.15) is 0 Å². The molecule has 0 aromatic carbocycles. The number of hydrogen-bond donors (Lipinski definition) is 1. The van der Waals surface area contributed by atoms with Crippen molar-refractivity contribution in [2.75, 3.05) is 0 Å². The summed E-state index contributed by atoms with van der Waals surface area (Å²) in [5, 5.41) is 3.73. The molecule has 0 aliphatic carbocycles. The Morgan fingerprint density at radius 2 is 2.15 bits per heavy atom. The molecule has 5 heteroatoms. The maximum absolute atomic E-state index is 6.02. The van der Waals surface area contributed by atoms with Crippen molar-refractivity contribution < 1.29 is 0 Å². The Labute approximate surface area is 130 Å². The number of rotatable bonds is 5. The van der Waals surface area contributed by atoms with Crippen LogP contribution < -0.4 is 5.32 Å². The summed E-state index contributed by atoms with van der Waals surface area (Å²) in [6.07, 6.45) is 5.70. The number of aromatic nitrogens is 2. The summed E-state index contributed by atoms with van der Waals surface area (Å²) in [6.45, 7) is 9.88. The fourth-order valence-electron chi connectivity index (χ4n) is 2.13. The van der Waals surface area contributed by atoms with E-state index in [0.29, 0.717) is 12.1 Å². The molecule has 0 amide bonds. The van der Waals surface area contributed by atoms with Crippen LogP contribution in [0.5, 0.6) is 0 Å². The van der Waals surface area contributed by atoms with Crippen molar-refractivity contribution in [1.29, 1.82) is 0 Å². The van der Waals surface area contributed by atoms with Gasteiger partial charge in [0.1, 0.15) is 0 Å². The van der Waals surface area contributed by atoms with Gasteiger partial charge in [-0.3, -0.25) is 0 Å². The molecular weight excluding hydrogens is 290 g/mol. The Morgan fingerprint density at radius 1 is 1.40 bits per heavy atom. The van der Waals surface area contributed by atoms with Gasteiger partial charge in [0, 0.05) is 35.9 Å². The van der Waals surface area contributed by atoms with E-state index in [1.54, 1.807) is 11.3 Å². The molecule has 0 fully saturated rings. The molecule has 0 spiro atoms. The summed E-state index contributed by atoms with van der Waals surface area (Å²) in [7, 11) is 0. The first-order chi connectivity index (χ1) is 9.36. The molecule has 3 nitrogen and oxygen atoms in total. The molecule has 1 N–H and O–H groups in total. The minimum absolute atomic E-state index is 0.166. The fourth-order valence-corrected chi connectivity index (χ4v) is 3.20. The summed E-state index contributed by atoms with van der Waals surface area (Å²) in [6, 6.07) is 4.70. The van der Waals surface area contributed by atoms with E-state index in [9.17, 15) is 0 Å². The van der Waals surface area contributed by atoms with Crippen LogP contribution >= 0.6 is 22.9 Å². The Hall–Kier alpha value is -0.840. The van der Waals surface area contributed by atoms with Crippen molar-refractivity contribution in [1.82, 2.24) is 14.9 Å². The molecule has 2 aromatic rings. The molecule has 2 heterocycles. The van der Waals surface area contributed by atoms with Gasteiger partial charge in [-0.1, -0.05) is 32.4 Å². The Kier molecular flexibility index (Phi) is 4.89. The third kappa shape index (κ3) is 4.08. The summed E-state index contributed by atoms with van der Waals surface area (Å²) >= 11 is 7.66. The van der Waals surface area contributed by atoms with Crippen molar-refractivity contribution in [3.8, 4) is 0 Å². The minimum atomic E-state index is 0.166. The molecule has 2 atom stereocenters. The zero-order chi connectivity index (χ0) is 14.8. The zero-order valence-electron chi connectivity index (χ0n) is 12.4. The maximum Gasteiger partial charge on any atom is 0.0946 e. The largest absolute Gasteiger partial charge is 0.336 e. The first-order valence-electron chi connectivity index (χ1n) is 6.83. The van der Waals surface area contributed by atoms with E-state index >= 15 is 0 Å². The second kappa shape index (κ2) is 6.29. The molecule has 20 heavy (non-hydrogen) atoms. The molecule has 2 unspecified atom stereocenters. The van der Waals surface area contributed by atoms with Crippen LogP contribution in [0.1, 0.15) is 38.6 Å². The first-order valence-corrected chi connectivity index (χ1v) is 8.03.